The number of hydrogen-bond acceptors (Lipinski definition) is 5. The van der Waals surface area contributed by atoms with Crippen LogP contribution >= 0.6 is 11.3 Å². The second kappa shape index (κ2) is 5.98. The molecular formula is C13H12N4OS. The minimum absolute atomic E-state index is 0.154. The first-order chi connectivity index (χ1) is 9.17. The Kier molecular flexibility index (Phi) is 4.11. The Hall–Kier alpha value is -2.39. The zero-order valence-electron chi connectivity index (χ0n) is 10.3. The van der Waals surface area contributed by atoms with Crippen molar-refractivity contribution < 1.29 is 4.79 Å². The quantitative estimate of drug-likeness (QED) is 0.895. The Bertz CT molecular complexity index is 612. The molecular weight excluding hydrogens is 260 g/mol. The lowest BCUT2D eigenvalue weighted by Crippen LogP contribution is -2.21. The van der Waals surface area contributed by atoms with Crippen LogP contribution in [-0.2, 0) is 4.79 Å². The molecule has 0 aliphatic carbocycles. The van der Waals surface area contributed by atoms with Gasteiger partial charge in [-0.25, -0.2) is 4.98 Å². The first-order valence-electron chi connectivity index (χ1n) is 5.63. The van der Waals surface area contributed by atoms with Gasteiger partial charge in [-0.1, -0.05) is 0 Å². The first-order valence-corrected chi connectivity index (χ1v) is 6.45. The van der Waals surface area contributed by atoms with Gasteiger partial charge < -0.3 is 10.6 Å². The van der Waals surface area contributed by atoms with E-state index in [1.54, 1.807) is 30.5 Å². The van der Waals surface area contributed by atoms with E-state index in [2.05, 4.69) is 15.6 Å². The average molecular weight is 272 g/mol. The van der Waals surface area contributed by atoms with Gasteiger partial charge in [0.25, 0.3) is 0 Å². The summed E-state index contributed by atoms with van der Waals surface area (Å²) in [5.41, 5.74) is 1.39. The maximum Gasteiger partial charge on any atom is 0.245 e. The fourth-order valence-electron chi connectivity index (χ4n) is 1.42. The molecule has 2 aromatic rings. The lowest BCUT2D eigenvalue weighted by atomic mass is 10.2. The van der Waals surface area contributed by atoms with Gasteiger partial charge in [0.2, 0.25) is 5.91 Å². The first kappa shape index (κ1) is 13.1. The topological polar surface area (TPSA) is 77.8 Å². The lowest BCUT2D eigenvalue weighted by molar-refractivity contribution is -0.114. The SMILES string of the molecule is Cc1cnc(NC(=O)CNc2ccc(C#N)cc2)s1. The highest BCUT2D eigenvalue weighted by atomic mass is 32.1. The molecule has 0 radical (unpaired) electrons. The number of nitriles is 1. The standard InChI is InChI=1S/C13H12N4OS/c1-9-7-16-13(19-9)17-12(18)8-15-11-4-2-10(6-14)3-5-11/h2-5,7,15H,8H2,1H3,(H,16,17,18). The van der Waals surface area contributed by atoms with Gasteiger partial charge in [-0.3, -0.25) is 4.79 Å². The highest BCUT2D eigenvalue weighted by molar-refractivity contribution is 7.15. The minimum Gasteiger partial charge on any atom is -0.376 e. The molecule has 1 amide bonds. The second-order valence-corrected chi connectivity index (χ2v) is 5.10. The zero-order valence-corrected chi connectivity index (χ0v) is 11.1. The van der Waals surface area contributed by atoms with Crippen molar-refractivity contribution in [3.05, 3.63) is 40.9 Å². The summed E-state index contributed by atoms with van der Waals surface area (Å²) in [4.78, 5) is 16.8. The van der Waals surface area contributed by atoms with Crippen LogP contribution in [0.3, 0.4) is 0 Å². The molecule has 6 heteroatoms. The molecule has 1 aromatic heterocycles. The van der Waals surface area contributed by atoms with Crippen LogP contribution in [0.5, 0.6) is 0 Å². The van der Waals surface area contributed by atoms with E-state index < -0.39 is 0 Å². The maximum absolute atomic E-state index is 11.7. The number of aromatic nitrogens is 1. The minimum atomic E-state index is -0.154. The summed E-state index contributed by atoms with van der Waals surface area (Å²) in [6, 6.07) is 8.96. The number of anilines is 2. The number of nitrogens with one attached hydrogen (secondary N) is 2. The van der Waals surface area contributed by atoms with Crippen molar-refractivity contribution >= 4 is 28.1 Å². The number of carbonyl (C=O) groups excluding carboxylic acids is 1. The number of nitrogens with zero attached hydrogens (tertiary/aromatic N) is 2. The van der Waals surface area contributed by atoms with Crippen molar-refractivity contribution in [3.8, 4) is 6.07 Å². The maximum atomic E-state index is 11.7. The molecule has 0 aliphatic rings. The molecule has 5 nitrogen and oxygen atoms in total. The molecule has 0 fully saturated rings. The number of benzene rings is 1. The number of rotatable bonds is 4. The second-order valence-electron chi connectivity index (χ2n) is 3.87. The van der Waals surface area contributed by atoms with Crippen molar-refractivity contribution in [1.29, 1.82) is 5.26 Å². The van der Waals surface area contributed by atoms with E-state index in [-0.39, 0.29) is 12.5 Å². The fourth-order valence-corrected chi connectivity index (χ4v) is 2.10. The Morgan fingerprint density at radius 3 is 2.74 bits per heavy atom. The van der Waals surface area contributed by atoms with Crippen molar-refractivity contribution in [2.24, 2.45) is 0 Å². The Labute approximate surface area is 114 Å². The molecule has 1 aromatic carbocycles. The van der Waals surface area contributed by atoms with Gasteiger partial charge in [0, 0.05) is 16.8 Å². The molecule has 0 unspecified atom stereocenters. The predicted octanol–water partition coefficient (Wildman–Crippen LogP) is 2.37. The average Bonchev–Trinajstić information content (AvgIpc) is 2.82. The van der Waals surface area contributed by atoms with Gasteiger partial charge in [0.1, 0.15) is 0 Å². The Morgan fingerprint density at radius 2 is 2.16 bits per heavy atom. The van der Waals surface area contributed by atoms with Gasteiger partial charge in [-0.2, -0.15) is 5.26 Å². The van der Waals surface area contributed by atoms with E-state index in [1.807, 2.05) is 13.0 Å². The monoisotopic (exact) mass is 272 g/mol. The van der Waals surface area contributed by atoms with Crippen LogP contribution in [0.1, 0.15) is 10.4 Å². The van der Waals surface area contributed by atoms with Crippen molar-refractivity contribution in [2.75, 3.05) is 17.2 Å². The predicted molar refractivity (Wildman–Crippen MR) is 75.1 cm³/mol. The van der Waals surface area contributed by atoms with Crippen LogP contribution in [0.15, 0.2) is 30.5 Å². The molecule has 19 heavy (non-hydrogen) atoms. The number of thiazole rings is 1. The lowest BCUT2D eigenvalue weighted by Gasteiger charge is -2.05. The van der Waals surface area contributed by atoms with Crippen molar-refractivity contribution in [1.82, 2.24) is 4.98 Å². The number of amides is 1. The molecule has 0 atom stereocenters. The van der Waals surface area contributed by atoms with Gasteiger partial charge in [0.05, 0.1) is 18.2 Å². The molecule has 2 rings (SSSR count). The summed E-state index contributed by atoms with van der Waals surface area (Å²) < 4.78 is 0. The summed E-state index contributed by atoms with van der Waals surface area (Å²) in [5, 5.41) is 15.0. The van der Waals surface area contributed by atoms with Gasteiger partial charge in [-0.05, 0) is 31.2 Å². The van der Waals surface area contributed by atoms with Crippen LogP contribution in [-0.4, -0.2) is 17.4 Å². The van der Waals surface area contributed by atoms with Crippen LogP contribution in [0.4, 0.5) is 10.8 Å². The van der Waals surface area contributed by atoms with E-state index in [1.165, 1.54) is 11.3 Å². The summed E-state index contributed by atoms with van der Waals surface area (Å²) in [7, 11) is 0. The molecule has 96 valence electrons. The third-order valence-electron chi connectivity index (χ3n) is 2.33. The van der Waals surface area contributed by atoms with Crippen LogP contribution < -0.4 is 10.6 Å². The zero-order chi connectivity index (χ0) is 13.7. The fraction of sp³-hybridized carbons (Fsp3) is 0.154. The highest BCUT2D eigenvalue weighted by Crippen LogP contribution is 2.16. The molecule has 2 N–H and O–H groups in total. The van der Waals surface area contributed by atoms with Crippen LogP contribution in [0.2, 0.25) is 0 Å². The van der Waals surface area contributed by atoms with Crippen molar-refractivity contribution in [3.63, 3.8) is 0 Å². The van der Waals surface area contributed by atoms with E-state index in [0.717, 1.165) is 10.6 Å². The van der Waals surface area contributed by atoms with E-state index in [0.29, 0.717) is 10.7 Å². The van der Waals surface area contributed by atoms with Crippen LogP contribution in [0.25, 0.3) is 0 Å². The smallest absolute Gasteiger partial charge is 0.245 e. The molecule has 1 heterocycles. The molecule has 0 spiro atoms. The number of aryl methyl sites for hydroxylation is 1. The summed E-state index contributed by atoms with van der Waals surface area (Å²) in [6.45, 7) is 2.09. The summed E-state index contributed by atoms with van der Waals surface area (Å²) >= 11 is 1.44. The highest BCUT2D eigenvalue weighted by Gasteiger charge is 2.05. The van der Waals surface area contributed by atoms with Crippen molar-refractivity contribution in [2.45, 2.75) is 6.92 Å². The van der Waals surface area contributed by atoms with E-state index in [9.17, 15) is 4.79 Å². The van der Waals surface area contributed by atoms with Crippen LogP contribution in [0, 0.1) is 18.3 Å². The van der Waals surface area contributed by atoms with Gasteiger partial charge >= 0.3 is 0 Å². The van der Waals surface area contributed by atoms with E-state index >= 15 is 0 Å². The van der Waals surface area contributed by atoms with Gasteiger partial charge in [0.15, 0.2) is 5.13 Å². The third kappa shape index (κ3) is 3.79. The summed E-state index contributed by atoms with van der Waals surface area (Å²) in [6.07, 6.45) is 1.72. The molecule has 0 saturated heterocycles. The Morgan fingerprint density at radius 1 is 1.42 bits per heavy atom. The third-order valence-corrected chi connectivity index (χ3v) is 3.16. The number of carbonyl (C=O) groups is 1. The normalized spacial score (nSPS) is 9.68. The molecule has 0 bridgehead atoms. The molecule has 0 saturated carbocycles. The Balaban J connectivity index is 1.84. The molecule has 0 aliphatic heterocycles. The largest absolute Gasteiger partial charge is 0.376 e. The van der Waals surface area contributed by atoms with E-state index in [4.69, 9.17) is 5.26 Å². The summed E-state index contributed by atoms with van der Waals surface area (Å²) in [5.74, 6) is -0.154. The number of hydrogen-bond donors (Lipinski definition) is 2. The van der Waals surface area contributed by atoms with Gasteiger partial charge in [-0.15, -0.1) is 11.3 Å².